The zero-order chi connectivity index (χ0) is 14.2. The van der Waals surface area contributed by atoms with Crippen LogP contribution in [0.25, 0.3) is 0 Å². The number of rotatable bonds is 4. The van der Waals surface area contributed by atoms with E-state index in [4.69, 9.17) is 0 Å². The lowest BCUT2D eigenvalue weighted by molar-refractivity contribution is -0.131. The lowest BCUT2D eigenvalue weighted by atomic mass is 9.89. The molecule has 1 aromatic carbocycles. The Balaban J connectivity index is 1.57. The van der Waals surface area contributed by atoms with Crippen molar-refractivity contribution in [2.75, 3.05) is 31.1 Å². The number of nitrogens with zero attached hydrogens (tertiary/aromatic N) is 2. The van der Waals surface area contributed by atoms with Crippen LogP contribution >= 0.6 is 0 Å². The molecule has 1 N–H and O–H groups in total. The average molecular weight is 274 g/mol. The van der Waals surface area contributed by atoms with Crippen LogP contribution in [0.4, 0.5) is 5.69 Å². The topological polar surface area (TPSA) is 43.8 Å². The molecule has 0 aliphatic carbocycles. The third kappa shape index (κ3) is 2.45. The highest BCUT2D eigenvalue weighted by Gasteiger charge is 2.41. The Morgan fingerprint density at radius 2 is 2.10 bits per heavy atom. The number of likely N-dealkylation sites (tertiary alicyclic amines) is 1. The Morgan fingerprint density at radius 3 is 2.85 bits per heavy atom. The van der Waals surface area contributed by atoms with Crippen LogP contribution in [0.1, 0.15) is 25.3 Å². The number of carbonyl (C=O) groups is 1. The van der Waals surface area contributed by atoms with Crippen molar-refractivity contribution in [2.24, 2.45) is 0 Å². The van der Waals surface area contributed by atoms with Gasteiger partial charge in [0.2, 0.25) is 5.91 Å². The van der Waals surface area contributed by atoms with Gasteiger partial charge in [-0.15, -0.1) is 0 Å². The molecular formula is C16H22N2O2. The van der Waals surface area contributed by atoms with E-state index in [0.717, 1.165) is 31.5 Å². The molecule has 1 aromatic rings. The van der Waals surface area contributed by atoms with Gasteiger partial charge in [-0.05, 0) is 24.5 Å². The highest BCUT2D eigenvalue weighted by molar-refractivity contribution is 5.96. The van der Waals surface area contributed by atoms with Gasteiger partial charge >= 0.3 is 0 Å². The second kappa shape index (κ2) is 5.19. The zero-order valence-electron chi connectivity index (χ0n) is 12.0. The summed E-state index contributed by atoms with van der Waals surface area (Å²) >= 11 is 0. The summed E-state index contributed by atoms with van der Waals surface area (Å²) in [6.45, 7) is 4.53. The summed E-state index contributed by atoms with van der Waals surface area (Å²) in [5, 5.41) is 10.1. The Hall–Kier alpha value is -1.39. The van der Waals surface area contributed by atoms with E-state index in [1.807, 2.05) is 28.0 Å². The molecule has 0 atom stereocenters. The third-order valence-corrected chi connectivity index (χ3v) is 4.30. The van der Waals surface area contributed by atoms with Gasteiger partial charge in [-0.1, -0.05) is 31.5 Å². The predicted molar refractivity (Wildman–Crippen MR) is 78.8 cm³/mol. The summed E-state index contributed by atoms with van der Waals surface area (Å²) in [6.07, 6.45) is 2.75. The number of amides is 1. The number of anilines is 1. The molecule has 0 bridgehead atoms. The van der Waals surface area contributed by atoms with Crippen molar-refractivity contribution in [3.05, 3.63) is 29.8 Å². The fourth-order valence-electron chi connectivity index (χ4n) is 3.40. The number of fused-ring (bicyclic) bond motifs is 1. The number of aliphatic hydroxyl groups is 1. The molecule has 4 heteroatoms. The Labute approximate surface area is 120 Å². The van der Waals surface area contributed by atoms with Gasteiger partial charge in [0.25, 0.3) is 0 Å². The first kappa shape index (κ1) is 13.6. The molecule has 0 radical (unpaired) electrons. The number of para-hydroxylation sites is 1. The monoisotopic (exact) mass is 274 g/mol. The summed E-state index contributed by atoms with van der Waals surface area (Å²) < 4.78 is 0. The van der Waals surface area contributed by atoms with Crippen molar-refractivity contribution >= 4 is 11.6 Å². The number of β-amino-alcohol motifs (C(OH)–C–C–N with tert-alkyl or cyclic N) is 1. The highest BCUT2D eigenvalue weighted by atomic mass is 16.3. The summed E-state index contributed by atoms with van der Waals surface area (Å²) in [5.41, 5.74) is 1.76. The van der Waals surface area contributed by atoms with Gasteiger partial charge in [0.05, 0.1) is 12.1 Å². The van der Waals surface area contributed by atoms with Gasteiger partial charge in [0.1, 0.15) is 0 Å². The summed E-state index contributed by atoms with van der Waals surface area (Å²) in [4.78, 5) is 16.3. The minimum absolute atomic E-state index is 0.147. The van der Waals surface area contributed by atoms with E-state index in [2.05, 4.69) is 13.0 Å². The van der Waals surface area contributed by atoms with Crippen molar-refractivity contribution in [3.63, 3.8) is 0 Å². The van der Waals surface area contributed by atoms with Crippen LogP contribution in [0, 0.1) is 0 Å². The first-order valence-corrected chi connectivity index (χ1v) is 7.44. The Bertz CT molecular complexity index is 509. The van der Waals surface area contributed by atoms with Crippen molar-refractivity contribution < 1.29 is 9.90 Å². The maximum Gasteiger partial charge on any atom is 0.241 e. The van der Waals surface area contributed by atoms with E-state index < -0.39 is 5.60 Å². The van der Waals surface area contributed by atoms with Crippen LogP contribution in [0.2, 0.25) is 0 Å². The van der Waals surface area contributed by atoms with E-state index >= 15 is 0 Å². The minimum atomic E-state index is -0.558. The molecule has 0 unspecified atom stereocenters. The SMILES string of the molecule is CCCC1(O)CN(CC(=O)N2CCc3ccccc32)C1. The Morgan fingerprint density at radius 1 is 1.35 bits per heavy atom. The fraction of sp³-hybridized carbons (Fsp3) is 0.562. The lowest BCUT2D eigenvalue weighted by Crippen LogP contribution is -2.63. The quantitative estimate of drug-likeness (QED) is 0.903. The smallest absolute Gasteiger partial charge is 0.241 e. The predicted octanol–water partition coefficient (Wildman–Crippen LogP) is 1.42. The molecule has 1 fully saturated rings. The molecule has 2 aliphatic heterocycles. The molecule has 0 saturated carbocycles. The molecular weight excluding hydrogens is 252 g/mol. The Kier molecular flexibility index (Phi) is 3.52. The summed E-state index contributed by atoms with van der Waals surface area (Å²) in [5.74, 6) is 0.147. The normalized spacial score (nSPS) is 20.6. The molecule has 1 saturated heterocycles. The van der Waals surface area contributed by atoms with Gasteiger partial charge in [-0.25, -0.2) is 0 Å². The van der Waals surface area contributed by atoms with E-state index in [0.29, 0.717) is 19.6 Å². The first-order chi connectivity index (χ1) is 9.61. The van der Waals surface area contributed by atoms with Gasteiger partial charge < -0.3 is 10.0 Å². The molecule has 0 spiro atoms. The lowest BCUT2D eigenvalue weighted by Gasteiger charge is -2.46. The zero-order valence-corrected chi connectivity index (χ0v) is 12.0. The minimum Gasteiger partial charge on any atom is -0.387 e. The van der Waals surface area contributed by atoms with Crippen LogP contribution in [-0.2, 0) is 11.2 Å². The number of carbonyl (C=O) groups excluding carboxylic acids is 1. The van der Waals surface area contributed by atoms with Gasteiger partial charge in [-0.2, -0.15) is 0 Å². The molecule has 3 rings (SSSR count). The number of hydrogen-bond donors (Lipinski definition) is 1. The van der Waals surface area contributed by atoms with Crippen molar-refractivity contribution in [3.8, 4) is 0 Å². The largest absolute Gasteiger partial charge is 0.387 e. The second-order valence-electron chi connectivity index (χ2n) is 6.04. The maximum atomic E-state index is 12.4. The molecule has 108 valence electrons. The van der Waals surface area contributed by atoms with Gasteiger partial charge in [0, 0.05) is 25.3 Å². The van der Waals surface area contributed by atoms with Gasteiger partial charge in [-0.3, -0.25) is 9.69 Å². The third-order valence-electron chi connectivity index (χ3n) is 4.30. The number of hydrogen-bond acceptors (Lipinski definition) is 3. The van der Waals surface area contributed by atoms with Crippen molar-refractivity contribution in [1.29, 1.82) is 0 Å². The molecule has 2 aliphatic rings. The molecule has 20 heavy (non-hydrogen) atoms. The summed E-state index contributed by atoms with van der Waals surface area (Å²) in [6, 6.07) is 8.11. The van der Waals surface area contributed by atoms with Crippen LogP contribution < -0.4 is 4.90 Å². The standard InChI is InChI=1S/C16H22N2O2/c1-2-8-16(20)11-17(12-16)10-15(19)18-9-7-13-5-3-4-6-14(13)18/h3-6,20H,2,7-12H2,1H3. The second-order valence-corrected chi connectivity index (χ2v) is 6.04. The van der Waals surface area contributed by atoms with Crippen LogP contribution in [-0.4, -0.2) is 47.7 Å². The van der Waals surface area contributed by atoms with Crippen molar-refractivity contribution in [2.45, 2.75) is 31.8 Å². The van der Waals surface area contributed by atoms with Gasteiger partial charge in [0.15, 0.2) is 0 Å². The van der Waals surface area contributed by atoms with Crippen LogP contribution in [0.15, 0.2) is 24.3 Å². The molecule has 2 heterocycles. The van der Waals surface area contributed by atoms with E-state index in [1.54, 1.807) is 0 Å². The number of benzene rings is 1. The molecule has 4 nitrogen and oxygen atoms in total. The fourth-order valence-corrected chi connectivity index (χ4v) is 3.40. The van der Waals surface area contributed by atoms with E-state index in [9.17, 15) is 9.90 Å². The van der Waals surface area contributed by atoms with Crippen LogP contribution in [0.3, 0.4) is 0 Å². The van der Waals surface area contributed by atoms with E-state index in [1.165, 1.54) is 5.56 Å². The van der Waals surface area contributed by atoms with Crippen molar-refractivity contribution in [1.82, 2.24) is 4.90 Å². The van der Waals surface area contributed by atoms with Crippen LogP contribution in [0.5, 0.6) is 0 Å². The maximum absolute atomic E-state index is 12.4. The highest BCUT2D eigenvalue weighted by Crippen LogP contribution is 2.29. The molecule has 0 aromatic heterocycles. The first-order valence-electron chi connectivity index (χ1n) is 7.44. The van der Waals surface area contributed by atoms with E-state index in [-0.39, 0.29) is 5.91 Å². The molecule has 1 amide bonds. The summed E-state index contributed by atoms with van der Waals surface area (Å²) in [7, 11) is 0. The average Bonchev–Trinajstić information content (AvgIpc) is 2.81.